The number of hydrogen-bond acceptors (Lipinski definition) is 4. The topological polar surface area (TPSA) is 72.5 Å². The van der Waals surface area contributed by atoms with E-state index in [1.807, 2.05) is 13.0 Å². The number of rotatable bonds is 6. The fraction of sp³-hybridized carbons (Fsp3) is 0.167. The van der Waals surface area contributed by atoms with Crippen LogP contribution in [-0.2, 0) is 19.6 Å². The van der Waals surface area contributed by atoms with Crippen molar-refractivity contribution in [2.75, 3.05) is 6.61 Å². The Morgan fingerprint density at radius 1 is 1.08 bits per heavy atom. The van der Waals surface area contributed by atoms with E-state index in [4.69, 9.17) is 4.74 Å². The SMILES string of the molecule is CCOC(=O)/C(=C/c1ccccc1)NS(=O)(=O)c1ccc(C)cc1. The van der Waals surface area contributed by atoms with Gasteiger partial charge in [-0.1, -0.05) is 48.0 Å². The zero-order valence-corrected chi connectivity index (χ0v) is 14.3. The van der Waals surface area contributed by atoms with Crippen LogP contribution in [0.5, 0.6) is 0 Å². The molecule has 0 heterocycles. The first-order valence-electron chi connectivity index (χ1n) is 7.46. The summed E-state index contributed by atoms with van der Waals surface area (Å²) in [5.41, 5.74) is 1.50. The molecule has 0 aliphatic heterocycles. The highest BCUT2D eigenvalue weighted by atomic mass is 32.2. The maximum absolute atomic E-state index is 12.5. The average Bonchev–Trinajstić information content (AvgIpc) is 2.55. The maximum atomic E-state index is 12.5. The molecule has 0 radical (unpaired) electrons. The van der Waals surface area contributed by atoms with Gasteiger partial charge in [0.05, 0.1) is 11.5 Å². The van der Waals surface area contributed by atoms with E-state index in [1.165, 1.54) is 18.2 Å². The van der Waals surface area contributed by atoms with E-state index in [0.717, 1.165) is 5.56 Å². The van der Waals surface area contributed by atoms with E-state index in [9.17, 15) is 13.2 Å². The minimum atomic E-state index is -3.88. The summed E-state index contributed by atoms with van der Waals surface area (Å²) in [5, 5.41) is 0. The first-order valence-corrected chi connectivity index (χ1v) is 8.94. The molecule has 0 fully saturated rings. The molecule has 2 aromatic carbocycles. The van der Waals surface area contributed by atoms with Gasteiger partial charge in [0.25, 0.3) is 10.0 Å². The van der Waals surface area contributed by atoms with E-state index in [0.29, 0.717) is 5.56 Å². The fourth-order valence-corrected chi connectivity index (χ4v) is 3.02. The Bertz CT molecular complexity index is 825. The van der Waals surface area contributed by atoms with Crippen LogP contribution in [0.4, 0.5) is 0 Å². The summed E-state index contributed by atoms with van der Waals surface area (Å²) >= 11 is 0. The van der Waals surface area contributed by atoms with Gasteiger partial charge in [0.2, 0.25) is 0 Å². The van der Waals surface area contributed by atoms with Crippen molar-refractivity contribution in [1.29, 1.82) is 0 Å². The normalized spacial score (nSPS) is 11.8. The Kier molecular flexibility index (Phi) is 5.76. The first kappa shape index (κ1) is 17.7. The monoisotopic (exact) mass is 345 g/mol. The summed E-state index contributed by atoms with van der Waals surface area (Å²) in [6.07, 6.45) is 1.45. The van der Waals surface area contributed by atoms with Crippen LogP contribution >= 0.6 is 0 Å². The highest BCUT2D eigenvalue weighted by Crippen LogP contribution is 2.14. The number of aryl methyl sites for hydroxylation is 1. The van der Waals surface area contributed by atoms with E-state index in [2.05, 4.69) is 4.72 Å². The lowest BCUT2D eigenvalue weighted by Crippen LogP contribution is -2.28. The van der Waals surface area contributed by atoms with Gasteiger partial charge < -0.3 is 4.74 Å². The van der Waals surface area contributed by atoms with Crippen LogP contribution in [0.25, 0.3) is 6.08 Å². The van der Waals surface area contributed by atoms with Gasteiger partial charge in [-0.15, -0.1) is 0 Å². The first-order chi connectivity index (χ1) is 11.4. The van der Waals surface area contributed by atoms with Crippen LogP contribution in [0.2, 0.25) is 0 Å². The number of hydrogen-bond donors (Lipinski definition) is 1. The Morgan fingerprint density at radius 3 is 2.29 bits per heavy atom. The molecule has 5 nitrogen and oxygen atoms in total. The second-order valence-corrected chi connectivity index (χ2v) is 6.79. The molecule has 0 amide bonds. The molecule has 6 heteroatoms. The summed E-state index contributed by atoms with van der Waals surface area (Å²) in [6.45, 7) is 3.67. The number of benzene rings is 2. The molecule has 126 valence electrons. The molecule has 24 heavy (non-hydrogen) atoms. The van der Waals surface area contributed by atoms with Gasteiger partial charge >= 0.3 is 5.97 Å². The smallest absolute Gasteiger partial charge is 0.355 e. The maximum Gasteiger partial charge on any atom is 0.355 e. The molecule has 0 aliphatic carbocycles. The van der Waals surface area contributed by atoms with Crippen LogP contribution in [0, 0.1) is 6.92 Å². The Hall–Kier alpha value is -2.60. The van der Waals surface area contributed by atoms with Gasteiger partial charge in [-0.2, -0.15) is 0 Å². The van der Waals surface area contributed by atoms with E-state index < -0.39 is 16.0 Å². The summed E-state index contributed by atoms with van der Waals surface area (Å²) < 4.78 is 32.3. The molecule has 0 atom stereocenters. The molecular weight excluding hydrogens is 326 g/mol. The Labute approximate surface area is 142 Å². The lowest BCUT2D eigenvalue weighted by molar-refractivity contribution is -0.138. The molecular formula is C18H19NO4S. The van der Waals surface area contributed by atoms with Crippen LogP contribution in [0.3, 0.4) is 0 Å². The molecule has 2 rings (SSSR count). The number of nitrogens with one attached hydrogen (secondary N) is 1. The fourth-order valence-electron chi connectivity index (χ4n) is 1.98. The van der Waals surface area contributed by atoms with Crippen molar-refractivity contribution in [3.05, 3.63) is 71.4 Å². The standard InChI is InChI=1S/C18H19NO4S/c1-3-23-18(20)17(13-15-7-5-4-6-8-15)19-24(21,22)16-11-9-14(2)10-12-16/h4-13,19H,3H2,1-2H3/b17-13-. The predicted octanol–water partition coefficient (Wildman–Crippen LogP) is 2.88. The van der Waals surface area contributed by atoms with E-state index in [1.54, 1.807) is 43.3 Å². The average molecular weight is 345 g/mol. The number of carbonyl (C=O) groups excluding carboxylic acids is 1. The van der Waals surface area contributed by atoms with Gasteiger partial charge in [0.15, 0.2) is 0 Å². The third-order valence-corrected chi connectivity index (χ3v) is 4.56. The highest BCUT2D eigenvalue weighted by Gasteiger charge is 2.20. The van der Waals surface area contributed by atoms with Crippen molar-refractivity contribution >= 4 is 22.1 Å². The second-order valence-electron chi connectivity index (χ2n) is 5.11. The summed E-state index contributed by atoms with van der Waals surface area (Å²) in [7, 11) is -3.88. The number of esters is 1. The number of carbonyl (C=O) groups is 1. The van der Waals surface area contributed by atoms with Gasteiger partial charge in [0.1, 0.15) is 5.70 Å². The zero-order chi connectivity index (χ0) is 17.6. The van der Waals surface area contributed by atoms with Crippen LogP contribution < -0.4 is 4.72 Å². The molecule has 2 aromatic rings. The lowest BCUT2D eigenvalue weighted by Gasteiger charge is -2.11. The van der Waals surface area contributed by atoms with Crippen LogP contribution in [0.15, 0.2) is 65.2 Å². The van der Waals surface area contributed by atoms with Crippen molar-refractivity contribution in [2.45, 2.75) is 18.7 Å². The minimum Gasteiger partial charge on any atom is -0.461 e. The van der Waals surface area contributed by atoms with Crippen molar-refractivity contribution in [3.8, 4) is 0 Å². The van der Waals surface area contributed by atoms with Gasteiger partial charge in [0, 0.05) is 0 Å². The largest absolute Gasteiger partial charge is 0.461 e. The zero-order valence-electron chi connectivity index (χ0n) is 13.5. The lowest BCUT2D eigenvalue weighted by atomic mass is 10.2. The van der Waals surface area contributed by atoms with Crippen molar-refractivity contribution in [1.82, 2.24) is 4.72 Å². The third-order valence-electron chi connectivity index (χ3n) is 3.18. The van der Waals surface area contributed by atoms with E-state index >= 15 is 0 Å². The Morgan fingerprint density at radius 2 is 1.71 bits per heavy atom. The van der Waals surface area contributed by atoms with Crippen LogP contribution in [0.1, 0.15) is 18.1 Å². The van der Waals surface area contributed by atoms with Gasteiger partial charge in [-0.25, -0.2) is 13.2 Å². The molecule has 0 aliphatic rings. The van der Waals surface area contributed by atoms with Gasteiger partial charge in [-0.3, -0.25) is 4.72 Å². The van der Waals surface area contributed by atoms with Gasteiger partial charge in [-0.05, 0) is 37.6 Å². The molecule has 1 N–H and O–H groups in total. The Balaban J connectivity index is 2.36. The molecule has 0 bridgehead atoms. The number of sulfonamides is 1. The van der Waals surface area contributed by atoms with Crippen molar-refractivity contribution < 1.29 is 17.9 Å². The molecule has 0 unspecified atom stereocenters. The van der Waals surface area contributed by atoms with Crippen molar-refractivity contribution in [3.63, 3.8) is 0 Å². The second kappa shape index (κ2) is 7.79. The molecule has 0 spiro atoms. The summed E-state index contributed by atoms with van der Waals surface area (Å²) in [5.74, 6) is -0.725. The van der Waals surface area contributed by atoms with Crippen LogP contribution in [-0.4, -0.2) is 21.0 Å². The van der Waals surface area contributed by atoms with E-state index in [-0.39, 0.29) is 17.2 Å². The minimum absolute atomic E-state index is 0.0800. The quantitative estimate of drug-likeness (QED) is 0.645. The summed E-state index contributed by atoms with van der Waals surface area (Å²) in [6, 6.07) is 15.3. The summed E-state index contributed by atoms with van der Waals surface area (Å²) in [4.78, 5) is 12.2. The van der Waals surface area contributed by atoms with Crippen molar-refractivity contribution in [2.24, 2.45) is 0 Å². The number of ether oxygens (including phenoxy) is 1. The predicted molar refractivity (Wildman–Crippen MR) is 92.6 cm³/mol. The molecule has 0 saturated carbocycles. The third kappa shape index (κ3) is 4.70. The highest BCUT2D eigenvalue weighted by molar-refractivity contribution is 7.89. The molecule has 0 saturated heterocycles. The molecule has 0 aromatic heterocycles.